The molecule has 2 aromatic carbocycles. The van der Waals surface area contributed by atoms with E-state index < -0.39 is 21.7 Å². The molecule has 9 nitrogen and oxygen atoms in total. The van der Waals surface area contributed by atoms with E-state index in [1.54, 1.807) is 61.6 Å². The minimum Gasteiger partial charge on any atom is -0.497 e. The molecule has 2 aromatic rings. The lowest BCUT2D eigenvalue weighted by atomic mass is 9.98. The summed E-state index contributed by atoms with van der Waals surface area (Å²) in [7, 11) is -0.776. The number of amides is 1. The maximum Gasteiger partial charge on any atom is 0.410 e. The van der Waals surface area contributed by atoms with E-state index in [1.165, 1.54) is 0 Å². The third-order valence-electron chi connectivity index (χ3n) is 5.58. The Bertz CT molecular complexity index is 1190. The molecule has 0 unspecified atom stereocenters. The molecular formula is C26H35N3O6S. The number of piperidine rings is 1. The van der Waals surface area contributed by atoms with Crippen LogP contribution in [0.2, 0.25) is 0 Å². The number of hydrogen-bond acceptors (Lipinski definition) is 7. The van der Waals surface area contributed by atoms with Gasteiger partial charge in [0.15, 0.2) is 0 Å². The molecule has 1 fully saturated rings. The van der Waals surface area contributed by atoms with Crippen molar-refractivity contribution in [3.63, 3.8) is 0 Å². The Morgan fingerprint density at radius 3 is 2.17 bits per heavy atom. The van der Waals surface area contributed by atoms with Crippen molar-refractivity contribution in [1.82, 2.24) is 15.2 Å². The molecule has 10 heteroatoms. The molecule has 0 aromatic heterocycles. The molecule has 0 spiro atoms. The maximum atomic E-state index is 13.0. The number of ether oxygens (including phenoxy) is 3. The Morgan fingerprint density at radius 1 is 1.00 bits per heavy atom. The van der Waals surface area contributed by atoms with E-state index in [0.29, 0.717) is 42.1 Å². The third-order valence-corrected chi connectivity index (χ3v) is 6.84. The van der Waals surface area contributed by atoms with Gasteiger partial charge in [-0.3, -0.25) is 0 Å². The van der Waals surface area contributed by atoms with E-state index in [0.717, 1.165) is 11.1 Å². The zero-order valence-electron chi connectivity index (χ0n) is 21.7. The summed E-state index contributed by atoms with van der Waals surface area (Å²) >= 11 is 0. The van der Waals surface area contributed by atoms with E-state index in [9.17, 15) is 13.2 Å². The summed E-state index contributed by atoms with van der Waals surface area (Å²) in [6.45, 7) is 8.17. The van der Waals surface area contributed by atoms with Gasteiger partial charge in [-0.15, -0.1) is 4.83 Å². The van der Waals surface area contributed by atoms with Crippen molar-refractivity contribution in [2.24, 2.45) is 0 Å². The Kier molecular flexibility index (Phi) is 8.52. The number of rotatable bonds is 7. The van der Waals surface area contributed by atoms with Gasteiger partial charge in [-0.1, -0.05) is 17.7 Å². The average Bonchev–Trinajstić information content (AvgIpc) is 2.83. The van der Waals surface area contributed by atoms with Crippen LogP contribution >= 0.6 is 0 Å². The molecule has 1 aliphatic heterocycles. The second kappa shape index (κ2) is 11.2. The van der Waals surface area contributed by atoms with Crippen LogP contribution in [-0.4, -0.2) is 52.3 Å². The fraction of sp³-hybridized carbons (Fsp3) is 0.423. The van der Waals surface area contributed by atoms with Gasteiger partial charge in [0.25, 0.3) is 10.0 Å². The first-order valence-corrected chi connectivity index (χ1v) is 13.2. The van der Waals surface area contributed by atoms with Crippen molar-refractivity contribution < 1.29 is 27.4 Å². The van der Waals surface area contributed by atoms with Gasteiger partial charge in [-0.05, 0) is 70.4 Å². The Labute approximate surface area is 213 Å². The van der Waals surface area contributed by atoms with Crippen LogP contribution in [-0.2, 0) is 14.8 Å². The van der Waals surface area contributed by atoms with Gasteiger partial charge < -0.3 is 24.5 Å². The van der Waals surface area contributed by atoms with Crippen LogP contribution < -0.4 is 19.7 Å². The third kappa shape index (κ3) is 7.14. The second-order valence-corrected chi connectivity index (χ2v) is 11.3. The van der Waals surface area contributed by atoms with Gasteiger partial charge in [0.1, 0.15) is 17.1 Å². The zero-order valence-corrected chi connectivity index (χ0v) is 22.5. The number of sulfonamides is 1. The van der Waals surface area contributed by atoms with Crippen LogP contribution in [0.5, 0.6) is 11.5 Å². The van der Waals surface area contributed by atoms with Crippen LogP contribution in [0.3, 0.4) is 0 Å². The summed E-state index contributed by atoms with van der Waals surface area (Å²) in [5.41, 5.74) is 5.27. The fourth-order valence-corrected chi connectivity index (χ4v) is 4.62. The SMILES string of the molecule is COc1cc(OC)cc(/C(NNS(=O)(=O)c2ccc(C)cc2)=C2/CCCN(C(=O)OC(C)(C)C)C2)c1. The van der Waals surface area contributed by atoms with Gasteiger partial charge >= 0.3 is 6.09 Å². The van der Waals surface area contributed by atoms with E-state index in [4.69, 9.17) is 14.2 Å². The summed E-state index contributed by atoms with van der Waals surface area (Å²) in [5.74, 6) is 1.09. The Balaban J connectivity index is 1.99. The van der Waals surface area contributed by atoms with Crippen molar-refractivity contribution in [3.05, 3.63) is 59.2 Å². The first kappa shape index (κ1) is 27.3. The molecular weight excluding hydrogens is 482 g/mol. The van der Waals surface area contributed by atoms with E-state index in [1.807, 2.05) is 27.7 Å². The van der Waals surface area contributed by atoms with E-state index in [-0.39, 0.29) is 11.4 Å². The van der Waals surface area contributed by atoms with Crippen molar-refractivity contribution in [2.75, 3.05) is 27.3 Å². The summed E-state index contributed by atoms with van der Waals surface area (Å²) in [6.07, 6.45) is 0.946. The highest BCUT2D eigenvalue weighted by atomic mass is 32.2. The lowest BCUT2D eigenvalue weighted by molar-refractivity contribution is 0.0247. The predicted octanol–water partition coefficient (Wildman–Crippen LogP) is 4.24. The van der Waals surface area contributed by atoms with Gasteiger partial charge in [-0.25, -0.2) is 13.2 Å². The number of aryl methyl sites for hydroxylation is 1. The number of methoxy groups -OCH3 is 2. The second-order valence-electron chi connectivity index (χ2n) is 9.63. The van der Waals surface area contributed by atoms with Crippen LogP contribution in [0.15, 0.2) is 52.9 Å². The molecule has 196 valence electrons. The lowest BCUT2D eigenvalue weighted by Crippen LogP contribution is -2.42. The molecule has 36 heavy (non-hydrogen) atoms. The first-order chi connectivity index (χ1) is 16.9. The largest absolute Gasteiger partial charge is 0.497 e. The standard InChI is InChI=1S/C26H35N3O6S/c1-18-9-11-23(12-10-18)36(31,32)28-27-24(20-14-21(33-5)16-22(15-20)34-6)19-8-7-13-29(17-19)25(30)35-26(2,3)4/h9-12,14-16,27-28H,7-8,13,17H2,1-6H3/b24-19+. The number of hydrazine groups is 1. The first-order valence-electron chi connectivity index (χ1n) is 11.7. The van der Waals surface area contributed by atoms with Crippen LogP contribution in [0, 0.1) is 6.92 Å². The van der Waals surface area contributed by atoms with E-state index >= 15 is 0 Å². The Morgan fingerprint density at radius 2 is 1.61 bits per heavy atom. The summed E-state index contributed by atoms with van der Waals surface area (Å²) in [4.78, 5) is 17.0. The number of benzene rings is 2. The summed E-state index contributed by atoms with van der Waals surface area (Å²) < 4.78 is 42.4. The van der Waals surface area contributed by atoms with Crippen LogP contribution in [0.4, 0.5) is 4.79 Å². The highest BCUT2D eigenvalue weighted by Crippen LogP contribution is 2.30. The minimum atomic E-state index is -3.87. The number of hydrogen-bond donors (Lipinski definition) is 2. The Hall–Kier alpha value is -3.24. The van der Waals surface area contributed by atoms with Crippen LogP contribution in [0.1, 0.15) is 44.7 Å². The van der Waals surface area contributed by atoms with Gasteiger partial charge in [0, 0.05) is 24.7 Å². The predicted molar refractivity (Wildman–Crippen MR) is 138 cm³/mol. The average molecular weight is 518 g/mol. The number of nitrogens with one attached hydrogen (secondary N) is 2. The lowest BCUT2D eigenvalue weighted by Gasteiger charge is -2.32. The molecule has 1 amide bonds. The maximum absolute atomic E-state index is 13.0. The molecule has 0 saturated carbocycles. The van der Waals surface area contributed by atoms with Crippen molar-refractivity contribution in [3.8, 4) is 11.5 Å². The number of likely N-dealkylation sites (tertiary alicyclic amines) is 1. The summed E-state index contributed by atoms with van der Waals surface area (Å²) in [5, 5.41) is 0. The molecule has 1 saturated heterocycles. The topological polar surface area (TPSA) is 106 Å². The highest BCUT2D eigenvalue weighted by Gasteiger charge is 2.27. The molecule has 3 rings (SSSR count). The molecule has 2 N–H and O–H groups in total. The monoisotopic (exact) mass is 517 g/mol. The molecule has 1 heterocycles. The molecule has 0 radical (unpaired) electrons. The molecule has 0 bridgehead atoms. The minimum absolute atomic E-state index is 0.132. The van der Waals surface area contributed by atoms with Crippen molar-refractivity contribution in [1.29, 1.82) is 0 Å². The molecule has 0 aliphatic carbocycles. The number of carbonyl (C=O) groups is 1. The molecule has 1 aliphatic rings. The van der Waals surface area contributed by atoms with E-state index in [2.05, 4.69) is 10.3 Å². The van der Waals surface area contributed by atoms with Gasteiger partial charge in [-0.2, -0.15) is 0 Å². The quantitative estimate of drug-likeness (QED) is 0.529. The highest BCUT2D eigenvalue weighted by molar-refractivity contribution is 7.89. The molecule has 0 atom stereocenters. The van der Waals surface area contributed by atoms with Gasteiger partial charge in [0.05, 0.1) is 24.8 Å². The van der Waals surface area contributed by atoms with Crippen LogP contribution in [0.25, 0.3) is 5.70 Å². The number of nitrogens with zero attached hydrogens (tertiary/aromatic N) is 1. The number of carbonyl (C=O) groups excluding carboxylic acids is 1. The zero-order chi connectivity index (χ0) is 26.5. The fourth-order valence-electron chi connectivity index (χ4n) is 3.77. The van der Waals surface area contributed by atoms with Gasteiger partial charge in [0.2, 0.25) is 0 Å². The smallest absolute Gasteiger partial charge is 0.410 e. The van der Waals surface area contributed by atoms with Crippen molar-refractivity contribution >= 4 is 21.8 Å². The normalized spacial score (nSPS) is 15.8. The van der Waals surface area contributed by atoms with Crippen molar-refractivity contribution in [2.45, 2.75) is 51.0 Å². The summed E-state index contributed by atoms with van der Waals surface area (Å²) in [6, 6.07) is 11.9.